The van der Waals surface area contributed by atoms with Gasteiger partial charge in [0.1, 0.15) is 11.5 Å². The van der Waals surface area contributed by atoms with Crippen LogP contribution in [0.1, 0.15) is 37.9 Å². The highest BCUT2D eigenvalue weighted by Gasteiger charge is 2.17. The van der Waals surface area contributed by atoms with Crippen LogP contribution in [-0.4, -0.2) is 34.5 Å². The van der Waals surface area contributed by atoms with Crippen LogP contribution in [0.5, 0.6) is 0 Å². The van der Waals surface area contributed by atoms with Gasteiger partial charge in [-0.2, -0.15) is 0 Å². The van der Waals surface area contributed by atoms with E-state index in [0.29, 0.717) is 6.61 Å². The molecular formula is C14H18IN3O2. The number of rotatable bonds is 4. The molecule has 2 aromatic rings. The molecule has 5 nitrogen and oxygen atoms in total. The first-order chi connectivity index (χ1) is 9.74. The van der Waals surface area contributed by atoms with Crippen LogP contribution in [0.15, 0.2) is 12.4 Å². The smallest absolute Gasteiger partial charge is 0.157 e. The highest BCUT2D eigenvalue weighted by Crippen LogP contribution is 2.21. The van der Waals surface area contributed by atoms with Gasteiger partial charge in [0.2, 0.25) is 0 Å². The number of hydrogen-bond donors (Lipinski definition) is 1. The lowest BCUT2D eigenvalue weighted by molar-refractivity contribution is -0.164. The molecule has 0 bridgehead atoms. The summed E-state index contributed by atoms with van der Waals surface area (Å²) in [5, 5.41) is 1.07. The van der Waals surface area contributed by atoms with E-state index in [9.17, 15) is 0 Å². The van der Waals surface area contributed by atoms with Crippen molar-refractivity contribution in [3.8, 4) is 0 Å². The zero-order chi connectivity index (χ0) is 13.9. The minimum atomic E-state index is -0.0543. The summed E-state index contributed by atoms with van der Waals surface area (Å²) < 4.78 is 12.5. The maximum atomic E-state index is 5.80. The molecule has 3 heterocycles. The molecule has 6 heteroatoms. The Kier molecular flexibility index (Phi) is 4.52. The van der Waals surface area contributed by atoms with Gasteiger partial charge in [0.15, 0.2) is 6.29 Å². The van der Waals surface area contributed by atoms with Crippen LogP contribution in [0.2, 0.25) is 0 Å². The summed E-state index contributed by atoms with van der Waals surface area (Å²) in [5.41, 5.74) is 0.889. The first kappa shape index (κ1) is 14.2. The second kappa shape index (κ2) is 6.36. The van der Waals surface area contributed by atoms with Gasteiger partial charge >= 0.3 is 0 Å². The van der Waals surface area contributed by atoms with Gasteiger partial charge in [0.25, 0.3) is 0 Å². The SMILES string of the molecule is C[C@@H](COC1CCCCO1)c1ncc2c(I)c[nH]c2n1. The van der Waals surface area contributed by atoms with Crippen molar-refractivity contribution in [3.05, 3.63) is 21.8 Å². The maximum Gasteiger partial charge on any atom is 0.157 e. The minimum Gasteiger partial charge on any atom is -0.353 e. The quantitative estimate of drug-likeness (QED) is 0.819. The third-order valence-electron chi connectivity index (χ3n) is 3.51. The molecule has 1 aliphatic heterocycles. The Morgan fingerprint density at radius 2 is 2.45 bits per heavy atom. The van der Waals surface area contributed by atoms with Crippen LogP contribution in [0.25, 0.3) is 11.0 Å². The van der Waals surface area contributed by atoms with Gasteiger partial charge in [0.05, 0.1) is 12.0 Å². The number of H-pyrrole nitrogens is 1. The number of aromatic nitrogens is 3. The predicted molar refractivity (Wildman–Crippen MR) is 84.6 cm³/mol. The molecule has 20 heavy (non-hydrogen) atoms. The molecule has 2 aromatic heterocycles. The molecule has 0 aromatic carbocycles. The highest BCUT2D eigenvalue weighted by molar-refractivity contribution is 14.1. The van der Waals surface area contributed by atoms with Crippen molar-refractivity contribution in [2.45, 2.75) is 38.4 Å². The summed E-state index contributed by atoms with van der Waals surface area (Å²) in [6.45, 7) is 3.48. The van der Waals surface area contributed by atoms with Crippen LogP contribution in [0, 0.1) is 3.57 Å². The normalized spacial score (nSPS) is 21.2. The summed E-state index contributed by atoms with van der Waals surface area (Å²) >= 11 is 2.28. The van der Waals surface area contributed by atoms with E-state index in [1.54, 1.807) is 0 Å². The van der Waals surface area contributed by atoms with Gasteiger partial charge < -0.3 is 14.5 Å². The van der Waals surface area contributed by atoms with E-state index in [2.05, 4.69) is 44.5 Å². The lowest BCUT2D eigenvalue weighted by Crippen LogP contribution is -2.24. The van der Waals surface area contributed by atoms with E-state index in [4.69, 9.17) is 9.47 Å². The fourth-order valence-electron chi connectivity index (χ4n) is 2.30. The Morgan fingerprint density at radius 3 is 3.25 bits per heavy atom. The molecule has 0 spiro atoms. The fourth-order valence-corrected chi connectivity index (χ4v) is 2.85. The van der Waals surface area contributed by atoms with E-state index in [-0.39, 0.29) is 12.2 Å². The standard InChI is InChI=1S/C14H18IN3O2/c1-9(8-20-12-4-2-3-5-19-12)13-16-6-10-11(15)7-17-14(10)18-13/h6-7,9,12H,2-5,8H2,1H3,(H,16,17,18)/t9-,12?/m0/s1. The van der Waals surface area contributed by atoms with E-state index >= 15 is 0 Å². The monoisotopic (exact) mass is 387 g/mol. The molecule has 1 aliphatic rings. The van der Waals surface area contributed by atoms with Gasteiger partial charge in [-0.1, -0.05) is 6.92 Å². The first-order valence-electron chi connectivity index (χ1n) is 6.97. The minimum absolute atomic E-state index is 0.0543. The molecule has 1 saturated heterocycles. The van der Waals surface area contributed by atoms with E-state index in [0.717, 1.165) is 39.9 Å². The molecule has 1 fully saturated rings. The summed E-state index contributed by atoms with van der Waals surface area (Å²) in [6.07, 6.45) is 7.08. The third kappa shape index (κ3) is 3.12. The molecule has 0 aliphatic carbocycles. The Bertz CT molecular complexity index is 581. The summed E-state index contributed by atoms with van der Waals surface area (Å²) in [7, 11) is 0. The van der Waals surface area contributed by atoms with Crippen LogP contribution in [-0.2, 0) is 9.47 Å². The van der Waals surface area contributed by atoms with Crippen LogP contribution < -0.4 is 0 Å². The zero-order valence-corrected chi connectivity index (χ0v) is 13.6. The number of nitrogens with one attached hydrogen (secondary N) is 1. The van der Waals surface area contributed by atoms with Crippen molar-refractivity contribution < 1.29 is 9.47 Å². The lowest BCUT2D eigenvalue weighted by atomic mass is 10.1. The van der Waals surface area contributed by atoms with Crippen molar-refractivity contribution in [2.75, 3.05) is 13.2 Å². The zero-order valence-electron chi connectivity index (χ0n) is 11.4. The van der Waals surface area contributed by atoms with Gasteiger partial charge in [0, 0.05) is 28.5 Å². The molecule has 1 unspecified atom stereocenters. The number of hydrogen-bond acceptors (Lipinski definition) is 4. The number of halogens is 1. The number of ether oxygens (including phenoxy) is 2. The number of nitrogens with zero attached hydrogens (tertiary/aromatic N) is 2. The number of aromatic amines is 1. The Morgan fingerprint density at radius 1 is 1.55 bits per heavy atom. The average Bonchev–Trinajstić information content (AvgIpc) is 2.87. The Balaban J connectivity index is 1.64. The second-order valence-corrected chi connectivity index (χ2v) is 6.32. The summed E-state index contributed by atoms with van der Waals surface area (Å²) in [5.74, 6) is 0.970. The fraction of sp³-hybridized carbons (Fsp3) is 0.571. The Hall–Kier alpha value is -0.730. The largest absolute Gasteiger partial charge is 0.353 e. The van der Waals surface area contributed by atoms with Crippen LogP contribution in [0.3, 0.4) is 0 Å². The molecule has 2 atom stereocenters. The average molecular weight is 387 g/mol. The van der Waals surface area contributed by atoms with Crippen molar-refractivity contribution in [3.63, 3.8) is 0 Å². The maximum absolute atomic E-state index is 5.80. The third-order valence-corrected chi connectivity index (χ3v) is 4.40. The van der Waals surface area contributed by atoms with E-state index < -0.39 is 0 Å². The summed E-state index contributed by atoms with van der Waals surface area (Å²) in [4.78, 5) is 12.2. The van der Waals surface area contributed by atoms with Crippen molar-refractivity contribution in [2.24, 2.45) is 0 Å². The first-order valence-corrected chi connectivity index (χ1v) is 8.04. The molecule has 0 amide bonds. The summed E-state index contributed by atoms with van der Waals surface area (Å²) in [6, 6.07) is 0. The van der Waals surface area contributed by atoms with Crippen LogP contribution >= 0.6 is 22.6 Å². The van der Waals surface area contributed by atoms with E-state index in [1.807, 2.05) is 12.4 Å². The second-order valence-electron chi connectivity index (χ2n) is 5.16. The van der Waals surface area contributed by atoms with Crippen molar-refractivity contribution >= 4 is 33.6 Å². The molecule has 108 valence electrons. The number of fused-ring (bicyclic) bond motifs is 1. The van der Waals surface area contributed by atoms with Crippen molar-refractivity contribution in [1.29, 1.82) is 0 Å². The van der Waals surface area contributed by atoms with Gasteiger partial charge in [-0.15, -0.1) is 0 Å². The van der Waals surface area contributed by atoms with Gasteiger partial charge in [-0.25, -0.2) is 9.97 Å². The molecule has 1 N–H and O–H groups in total. The Labute approximate surface area is 131 Å². The van der Waals surface area contributed by atoms with Gasteiger partial charge in [-0.3, -0.25) is 0 Å². The van der Waals surface area contributed by atoms with Gasteiger partial charge in [-0.05, 0) is 41.9 Å². The molecule has 3 rings (SSSR count). The molecule has 0 radical (unpaired) electrons. The predicted octanol–water partition coefficient (Wildman–Crippen LogP) is 3.21. The molecular weight excluding hydrogens is 369 g/mol. The lowest BCUT2D eigenvalue weighted by Gasteiger charge is -2.23. The van der Waals surface area contributed by atoms with Crippen LogP contribution in [0.4, 0.5) is 0 Å². The molecule has 0 saturated carbocycles. The van der Waals surface area contributed by atoms with E-state index in [1.165, 1.54) is 6.42 Å². The van der Waals surface area contributed by atoms with Crippen molar-refractivity contribution in [1.82, 2.24) is 15.0 Å². The highest BCUT2D eigenvalue weighted by atomic mass is 127. The topological polar surface area (TPSA) is 60.0 Å².